The van der Waals surface area contributed by atoms with Crippen LogP contribution in [0.2, 0.25) is 0 Å². The number of aliphatic carboxylic acids is 1. The molecule has 0 spiro atoms. The van der Waals surface area contributed by atoms with E-state index in [1.54, 1.807) is 30.3 Å². The zero-order chi connectivity index (χ0) is 16.2. The molecule has 6 nitrogen and oxygen atoms in total. The monoisotopic (exact) mass is 307 g/mol. The molecule has 0 saturated heterocycles. The summed E-state index contributed by atoms with van der Waals surface area (Å²) in [5.74, 6) is -1.26. The van der Waals surface area contributed by atoms with Crippen LogP contribution in [0.5, 0.6) is 0 Å². The summed E-state index contributed by atoms with van der Waals surface area (Å²) < 4.78 is 0. The van der Waals surface area contributed by atoms with E-state index in [9.17, 15) is 9.59 Å². The number of carboxylic acid groups (broad SMARTS) is 1. The maximum absolute atomic E-state index is 12.2. The lowest BCUT2D eigenvalue weighted by Gasteiger charge is -2.06. The van der Waals surface area contributed by atoms with Crippen LogP contribution in [0.15, 0.2) is 54.7 Å². The number of rotatable bonds is 4. The van der Waals surface area contributed by atoms with Gasteiger partial charge in [-0.2, -0.15) is 0 Å². The number of aromatic nitrogens is 2. The lowest BCUT2D eigenvalue weighted by molar-refractivity contribution is -0.136. The number of hydrogen-bond acceptors (Lipinski definition) is 4. The van der Waals surface area contributed by atoms with E-state index >= 15 is 0 Å². The van der Waals surface area contributed by atoms with E-state index in [0.29, 0.717) is 16.8 Å². The van der Waals surface area contributed by atoms with Gasteiger partial charge < -0.3 is 10.4 Å². The number of anilines is 1. The molecule has 0 atom stereocenters. The van der Waals surface area contributed by atoms with Crippen LogP contribution in [0, 0.1) is 0 Å². The minimum atomic E-state index is -0.895. The predicted octanol–water partition coefficient (Wildman–Crippen LogP) is 2.51. The molecule has 0 aliphatic heterocycles. The van der Waals surface area contributed by atoms with Gasteiger partial charge in [0.2, 0.25) is 0 Å². The smallest absolute Gasteiger partial charge is 0.307 e. The lowest BCUT2D eigenvalue weighted by Crippen LogP contribution is -2.14. The molecule has 3 rings (SSSR count). The van der Waals surface area contributed by atoms with Crippen molar-refractivity contribution in [1.29, 1.82) is 0 Å². The number of fused-ring (bicyclic) bond motifs is 1. The molecule has 1 aromatic heterocycles. The highest BCUT2D eigenvalue weighted by Gasteiger charge is 2.09. The Labute approximate surface area is 131 Å². The van der Waals surface area contributed by atoms with Gasteiger partial charge >= 0.3 is 5.97 Å². The van der Waals surface area contributed by atoms with Crippen molar-refractivity contribution in [1.82, 2.24) is 9.97 Å². The molecule has 3 aromatic rings. The first-order valence-electron chi connectivity index (χ1n) is 6.96. The quantitative estimate of drug-likeness (QED) is 0.772. The van der Waals surface area contributed by atoms with E-state index in [1.807, 2.05) is 18.2 Å². The van der Waals surface area contributed by atoms with E-state index in [0.717, 1.165) is 5.52 Å². The molecular formula is C17H13N3O3. The van der Waals surface area contributed by atoms with Gasteiger partial charge in [-0.15, -0.1) is 0 Å². The fourth-order valence-corrected chi connectivity index (χ4v) is 2.14. The molecule has 1 heterocycles. The fraction of sp³-hybridized carbons (Fsp3) is 0.0588. The molecule has 0 saturated carbocycles. The van der Waals surface area contributed by atoms with Crippen molar-refractivity contribution in [3.8, 4) is 0 Å². The molecule has 6 heteroatoms. The number of amides is 1. The van der Waals surface area contributed by atoms with Crippen LogP contribution in [-0.4, -0.2) is 27.0 Å². The van der Waals surface area contributed by atoms with Crippen molar-refractivity contribution >= 4 is 28.6 Å². The first-order chi connectivity index (χ1) is 11.1. The summed E-state index contributed by atoms with van der Waals surface area (Å²) in [5, 5.41) is 11.4. The number of nitrogens with zero attached hydrogens (tertiary/aromatic N) is 2. The topological polar surface area (TPSA) is 92.2 Å². The van der Waals surface area contributed by atoms with Gasteiger partial charge in [-0.1, -0.05) is 24.3 Å². The highest BCUT2D eigenvalue weighted by molar-refractivity contribution is 6.03. The van der Waals surface area contributed by atoms with Crippen molar-refractivity contribution in [2.24, 2.45) is 0 Å². The van der Waals surface area contributed by atoms with Gasteiger partial charge in [-0.25, -0.2) is 4.98 Å². The van der Waals surface area contributed by atoms with Crippen molar-refractivity contribution in [3.05, 3.63) is 66.0 Å². The van der Waals surface area contributed by atoms with Crippen LogP contribution in [0.3, 0.4) is 0 Å². The Hall–Kier alpha value is -3.28. The van der Waals surface area contributed by atoms with Crippen molar-refractivity contribution in [2.75, 3.05) is 5.32 Å². The Morgan fingerprint density at radius 3 is 2.39 bits per heavy atom. The standard InChI is InChI=1S/C17H13N3O3/c21-16(22)9-11-5-7-12(8-6-11)19-17(23)15-10-18-13-3-1-2-4-14(13)20-15/h1-8,10H,9H2,(H,19,23)(H,21,22). The molecule has 1 amide bonds. The summed E-state index contributed by atoms with van der Waals surface area (Å²) in [6.45, 7) is 0. The maximum atomic E-state index is 12.2. The third-order valence-corrected chi connectivity index (χ3v) is 3.25. The Morgan fingerprint density at radius 2 is 1.70 bits per heavy atom. The summed E-state index contributed by atoms with van der Waals surface area (Å²) in [7, 11) is 0. The molecule has 0 fully saturated rings. The molecule has 23 heavy (non-hydrogen) atoms. The van der Waals surface area contributed by atoms with Gasteiger partial charge in [0.1, 0.15) is 5.69 Å². The first-order valence-corrected chi connectivity index (χ1v) is 6.96. The number of carbonyl (C=O) groups excluding carboxylic acids is 1. The molecular weight excluding hydrogens is 294 g/mol. The van der Waals surface area contributed by atoms with E-state index in [1.165, 1.54) is 6.20 Å². The fourth-order valence-electron chi connectivity index (χ4n) is 2.14. The second-order valence-electron chi connectivity index (χ2n) is 4.97. The van der Waals surface area contributed by atoms with Crippen LogP contribution < -0.4 is 5.32 Å². The zero-order valence-corrected chi connectivity index (χ0v) is 12.1. The van der Waals surface area contributed by atoms with Gasteiger partial charge in [0.25, 0.3) is 5.91 Å². The third kappa shape index (κ3) is 3.49. The van der Waals surface area contributed by atoms with Gasteiger partial charge in [0.15, 0.2) is 0 Å². The van der Waals surface area contributed by atoms with Crippen LogP contribution in [0.1, 0.15) is 16.1 Å². The number of benzene rings is 2. The van der Waals surface area contributed by atoms with Gasteiger partial charge in [0.05, 0.1) is 23.7 Å². The molecule has 0 radical (unpaired) electrons. The second-order valence-corrected chi connectivity index (χ2v) is 4.97. The molecule has 0 unspecified atom stereocenters. The van der Waals surface area contributed by atoms with E-state index in [4.69, 9.17) is 5.11 Å². The largest absolute Gasteiger partial charge is 0.481 e. The summed E-state index contributed by atoms with van der Waals surface area (Å²) in [6, 6.07) is 13.9. The van der Waals surface area contributed by atoms with Crippen LogP contribution >= 0.6 is 0 Å². The maximum Gasteiger partial charge on any atom is 0.307 e. The number of hydrogen-bond donors (Lipinski definition) is 2. The molecule has 114 valence electrons. The highest BCUT2D eigenvalue weighted by atomic mass is 16.4. The number of nitrogens with one attached hydrogen (secondary N) is 1. The van der Waals surface area contributed by atoms with Gasteiger partial charge in [-0.05, 0) is 29.8 Å². The Balaban J connectivity index is 1.76. The van der Waals surface area contributed by atoms with Crippen LogP contribution in [-0.2, 0) is 11.2 Å². The zero-order valence-electron chi connectivity index (χ0n) is 12.1. The van der Waals surface area contributed by atoms with E-state index < -0.39 is 5.97 Å². The average Bonchev–Trinajstić information content (AvgIpc) is 2.55. The second kappa shape index (κ2) is 6.23. The van der Waals surface area contributed by atoms with E-state index in [2.05, 4.69) is 15.3 Å². The molecule has 0 aliphatic rings. The summed E-state index contributed by atoms with van der Waals surface area (Å²) >= 11 is 0. The summed E-state index contributed by atoms with van der Waals surface area (Å²) in [6.07, 6.45) is 1.38. The van der Waals surface area contributed by atoms with E-state index in [-0.39, 0.29) is 18.0 Å². The van der Waals surface area contributed by atoms with Crippen LogP contribution in [0.25, 0.3) is 11.0 Å². The Bertz CT molecular complexity index is 876. The van der Waals surface area contributed by atoms with Gasteiger partial charge in [-0.3, -0.25) is 14.6 Å². The lowest BCUT2D eigenvalue weighted by atomic mass is 10.1. The van der Waals surface area contributed by atoms with Crippen molar-refractivity contribution in [2.45, 2.75) is 6.42 Å². The Kier molecular flexibility index (Phi) is 3.97. The molecule has 2 aromatic carbocycles. The normalized spacial score (nSPS) is 10.4. The SMILES string of the molecule is O=C(O)Cc1ccc(NC(=O)c2cnc3ccccc3n2)cc1. The highest BCUT2D eigenvalue weighted by Crippen LogP contribution is 2.13. The number of carboxylic acids is 1. The summed E-state index contributed by atoms with van der Waals surface area (Å²) in [5.41, 5.74) is 2.83. The van der Waals surface area contributed by atoms with Crippen molar-refractivity contribution < 1.29 is 14.7 Å². The predicted molar refractivity (Wildman–Crippen MR) is 85.3 cm³/mol. The number of para-hydroxylation sites is 2. The minimum Gasteiger partial charge on any atom is -0.481 e. The Morgan fingerprint density at radius 1 is 1.00 bits per heavy atom. The average molecular weight is 307 g/mol. The molecule has 0 aliphatic carbocycles. The van der Waals surface area contributed by atoms with Crippen molar-refractivity contribution in [3.63, 3.8) is 0 Å². The van der Waals surface area contributed by atoms with Crippen LogP contribution in [0.4, 0.5) is 5.69 Å². The third-order valence-electron chi connectivity index (χ3n) is 3.25. The summed E-state index contributed by atoms with van der Waals surface area (Å²) in [4.78, 5) is 31.3. The first kappa shape index (κ1) is 14.6. The minimum absolute atomic E-state index is 0.0512. The number of carbonyl (C=O) groups is 2. The van der Waals surface area contributed by atoms with Gasteiger partial charge in [0, 0.05) is 5.69 Å². The molecule has 2 N–H and O–H groups in total. The molecule has 0 bridgehead atoms.